The van der Waals surface area contributed by atoms with Gasteiger partial charge in [0.25, 0.3) is 0 Å². The van der Waals surface area contributed by atoms with E-state index in [1.807, 2.05) is 33.0 Å². The van der Waals surface area contributed by atoms with E-state index in [4.69, 9.17) is 15.2 Å². The molecule has 0 saturated heterocycles. The van der Waals surface area contributed by atoms with Crippen LogP contribution in [0.3, 0.4) is 0 Å². The number of imide groups is 1. The average Bonchev–Trinajstić information content (AvgIpc) is 2.81. The number of phenols is 1. The monoisotopic (exact) mass is 532 g/mol. The highest BCUT2D eigenvalue weighted by atomic mass is 16.6. The number of rotatable bonds is 13. The van der Waals surface area contributed by atoms with Crippen LogP contribution in [-0.4, -0.2) is 28.9 Å². The lowest BCUT2D eigenvalue weighted by Crippen LogP contribution is -2.53. The van der Waals surface area contributed by atoms with Gasteiger partial charge in [0.15, 0.2) is 0 Å². The molecule has 0 radical (unpaired) electrons. The molecule has 0 saturated carbocycles. The number of hydrogen-bond acceptors (Lipinski definition) is 5. The van der Waals surface area contributed by atoms with Gasteiger partial charge in [0.05, 0.1) is 0 Å². The number of benzene rings is 1. The molecule has 0 aliphatic carbocycles. The topological polar surface area (TPSA) is 111 Å². The number of carbonyl (C=O) groups excluding carboxylic acids is 2. The van der Waals surface area contributed by atoms with Crippen LogP contribution in [0.5, 0.6) is 11.5 Å². The minimum absolute atomic E-state index is 0.233. The molecule has 216 valence electrons. The van der Waals surface area contributed by atoms with Crippen LogP contribution in [-0.2, 0) is 11.2 Å². The van der Waals surface area contributed by atoms with Crippen molar-refractivity contribution in [3.63, 3.8) is 0 Å². The molecule has 1 heterocycles. The minimum atomic E-state index is -0.961. The molecular weight excluding hydrogens is 480 g/mol. The van der Waals surface area contributed by atoms with Gasteiger partial charge in [-0.2, -0.15) is 0 Å². The molecule has 2 rings (SSSR count). The zero-order valence-electron chi connectivity index (χ0n) is 25.0. The number of carbonyl (C=O) groups is 2. The van der Waals surface area contributed by atoms with Gasteiger partial charge < -0.3 is 20.3 Å². The highest BCUT2D eigenvalue weighted by Crippen LogP contribution is 2.45. The van der Waals surface area contributed by atoms with E-state index in [0.29, 0.717) is 18.8 Å². The van der Waals surface area contributed by atoms with Crippen molar-refractivity contribution in [1.82, 2.24) is 5.32 Å². The van der Waals surface area contributed by atoms with Crippen LogP contribution in [0, 0.1) is 38.5 Å². The summed E-state index contributed by atoms with van der Waals surface area (Å²) in [4.78, 5) is 23.5. The fourth-order valence-corrected chi connectivity index (χ4v) is 5.67. The molecule has 0 bridgehead atoms. The van der Waals surface area contributed by atoms with Crippen LogP contribution in [0.25, 0.3) is 0 Å². The second kappa shape index (κ2) is 14.1. The number of urea groups is 1. The largest absolute Gasteiger partial charge is 0.507 e. The highest BCUT2D eigenvalue weighted by molar-refractivity contribution is 5.89. The molecule has 0 aromatic heterocycles. The standard InChI is InChI=1S/C31H52N2O5/c1-19(2)12-9-13-20(3)14-10-15-21(4)16-11-17-31(8)26(37-30(36)33-29(32)35)18-25-24(7)27(34)22(5)23(6)28(25)38-31/h19-21,26,34H,9-18H2,1-8H3,(H3,32,33,35,36)/t20-,21+,26?,31-/m0/s1. The maximum atomic E-state index is 12.3. The van der Waals surface area contributed by atoms with E-state index >= 15 is 0 Å². The molecule has 1 aromatic rings. The second-order valence-corrected chi connectivity index (χ2v) is 12.4. The van der Waals surface area contributed by atoms with Crippen LogP contribution in [0.15, 0.2) is 0 Å². The number of phenolic OH excluding ortho intramolecular Hbond substituents is 1. The predicted octanol–water partition coefficient (Wildman–Crippen LogP) is 7.62. The summed E-state index contributed by atoms with van der Waals surface area (Å²) in [5.41, 5.74) is 7.58. The number of alkyl carbamates (subject to hydrolysis) is 1. The van der Waals surface area contributed by atoms with Crippen LogP contribution >= 0.6 is 0 Å². The van der Waals surface area contributed by atoms with E-state index < -0.39 is 23.8 Å². The summed E-state index contributed by atoms with van der Waals surface area (Å²) in [6, 6.07) is -0.961. The molecule has 4 N–H and O–H groups in total. The number of hydrogen-bond donors (Lipinski definition) is 3. The Bertz CT molecular complexity index is 960. The summed E-state index contributed by atoms with van der Waals surface area (Å²) >= 11 is 0. The molecule has 1 unspecified atom stereocenters. The second-order valence-electron chi connectivity index (χ2n) is 12.4. The fourth-order valence-electron chi connectivity index (χ4n) is 5.67. The number of ether oxygens (including phenoxy) is 2. The van der Waals surface area contributed by atoms with Crippen molar-refractivity contribution in [2.24, 2.45) is 23.5 Å². The van der Waals surface area contributed by atoms with E-state index in [2.05, 4.69) is 27.7 Å². The van der Waals surface area contributed by atoms with E-state index in [-0.39, 0.29) is 5.75 Å². The third kappa shape index (κ3) is 8.81. The smallest absolute Gasteiger partial charge is 0.415 e. The summed E-state index contributed by atoms with van der Waals surface area (Å²) in [7, 11) is 0. The van der Waals surface area contributed by atoms with Crippen LogP contribution in [0.2, 0.25) is 0 Å². The third-order valence-electron chi connectivity index (χ3n) is 8.46. The van der Waals surface area contributed by atoms with Crippen molar-refractivity contribution in [1.29, 1.82) is 0 Å². The Morgan fingerprint density at radius 3 is 2.08 bits per heavy atom. The molecule has 0 fully saturated rings. The summed E-state index contributed by atoms with van der Waals surface area (Å²) in [5.74, 6) is 3.18. The van der Waals surface area contributed by atoms with Crippen molar-refractivity contribution in [2.75, 3.05) is 0 Å². The van der Waals surface area contributed by atoms with Gasteiger partial charge in [-0.05, 0) is 75.0 Å². The molecular formula is C31H52N2O5. The van der Waals surface area contributed by atoms with Gasteiger partial charge in [-0.1, -0.05) is 72.6 Å². The van der Waals surface area contributed by atoms with E-state index in [0.717, 1.165) is 52.7 Å². The van der Waals surface area contributed by atoms with Crippen molar-refractivity contribution >= 4 is 12.1 Å². The zero-order valence-corrected chi connectivity index (χ0v) is 25.0. The molecule has 7 heteroatoms. The Labute approximate surface area is 230 Å². The number of nitrogens with two attached hydrogens (primary N) is 1. The maximum absolute atomic E-state index is 12.3. The van der Waals surface area contributed by atoms with Crippen molar-refractivity contribution in [3.05, 3.63) is 22.3 Å². The van der Waals surface area contributed by atoms with Gasteiger partial charge in [-0.15, -0.1) is 0 Å². The normalized spacial score (nSPS) is 20.4. The average molecular weight is 533 g/mol. The van der Waals surface area contributed by atoms with Crippen molar-refractivity contribution in [3.8, 4) is 11.5 Å². The summed E-state index contributed by atoms with van der Waals surface area (Å²) < 4.78 is 12.3. The van der Waals surface area contributed by atoms with Crippen LogP contribution < -0.4 is 15.8 Å². The molecule has 38 heavy (non-hydrogen) atoms. The van der Waals surface area contributed by atoms with Gasteiger partial charge >= 0.3 is 12.1 Å². The number of aromatic hydroxyl groups is 1. The first-order valence-electron chi connectivity index (χ1n) is 14.5. The number of nitrogens with one attached hydrogen (secondary N) is 1. The fraction of sp³-hybridized carbons (Fsp3) is 0.742. The van der Waals surface area contributed by atoms with Crippen molar-refractivity contribution in [2.45, 2.75) is 131 Å². The first-order chi connectivity index (χ1) is 17.7. The summed E-state index contributed by atoms with van der Waals surface area (Å²) in [5, 5.41) is 12.6. The molecule has 1 aliphatic rings. The number of primary amides is 1. The van der Waals surface area contributed by atoms with E-state index in [1.165, 1.54) is 38.5 Å². The van der Waals surface area contributed by atoms with E-state index in [1.54, 1.807) is 0 Å². The first-order valence-corrected chi connectivity index (χ1v) is 14.5. The Morgan fingerprint density at radius 1 is 0.974 bits per heavy atom. The van der Waals surface area contributed by atoms with Crippen LogP contribution in [0.1, 0.15) is 115 Å². The van der Waals surface area contributed by atoms with Gasteiger partial charge in [0.1, 0.15) is 23.2 Å². The minimum Gasteiger partial charge on any atom is -0.507 e. The summed E-state index contributed by atoms with van der Waals surface area (Å²) in [6.45, 7) is 16.9. The molecule has 1 aliphatic heterocycles. The molecule has 0 spiro atoms. The van der Waals surface area contributed by atoms with Crippen molar-refractivity contribution < 1.29 is 24.2 Å². The first kappa shape index (κ1) is 31.8. The Balaban J connectivity index is 2.02. The molecule has 1 aromatic carbocycles. The Morgan fingerprint density at radius 2 is 1.53 bits per heavy atom. The van der Waals surface area contributed by atoms with Gasteiger partial charge in [0, 0.05) is 12.0 Å². The van der Waals surface area contributed by atoms with E-state index in [9.17, 15) is 14.7 Å². The Hall–Kier alpha value is -2.44. The van der Waals surface area contributed by atoms with Crippen LogP contribution in [0.4, 0.5) is 9.59 Å². The predicted molar refractivity (Wildman–Crippen MR) is 153 cm³/mol. The Kier molecular flexibility index (Phi) is 11.8. The summed E-state index contributed by atoms with van der Waals surface area (Å²) in [6.07, 6.45) is 9.31. The van der Waals surface area contributed by atoms with Gasteiger partial charge in [-0.3, -0.25) is 0 Å². The number of amides is 3. The quantitative estimate of drug-likeness (QED) is 0.242. The van der Waals surface area contributed by atoms with Gasteiger partial charge in [0.2, 0.25) is 0 Å². The molecule has 3 amide bonds. The lowest BCUT2D eigenvalue weighted by atomic mass is 9.81. The number of fused-ring (bicyclic) bond motifs is 1. The molecule has 7 nitrogen and oxygen atoms in total. The third-order valence-corrected chi connectivity index (χ3v) is 8.46. The highest BCUT2D eigenvalue weighted by Gasteiger charge is 2.45. The molecule has 4 atom stereocenters. The maximum Gasteiger partial charge on any atom is 0.415 e. The SMILES string of the molecule is Cc1c(C)c2c(c(C)c1O)CC(OC(=O)NC(N)=O)[C@](C)(CCC[C@H](C)CCC[C@@H](C)CCCC(C)C)O2. The lowest BCUT2D eigenvalue weighted by Gasteiger charge is -2.43. The van der Waals surface area contributed by atoms with Gasteiger partial charge in [-0.25, -0.2) is 14.9 Å². The lowest BCUT2D eigenvalue weighted by molar-refractivity contribution is -0.0672. The zero-order chi connectivity index (χ0) is 28.6.